The molecule has 0 aromatic carbocycles. The SMILES string of the molecule is Cc1ncc(Nc2ncc(C)c(N3CC(CC#N)(N4CCN5CC6(CC6)C[C@H]5C4)C3)n2)s1. The molecule has 5 heterocycles. The molecule has 0 unspecified atom stereocenters. The third-order valence-corrected chi connectivity index (χ3v) is 8.75. The second kappa shape index (κ2) is 7.37. The molecule has 1 N–H and O–H groups in total. The fraction of sp³-hybridized carbons (Fsp3) is 0.652. The molecule has 3 saturated heterocycles. The number of nitriles is 1. The summed E-state index contributed by atoms with van der Waals surface area (Å²) in [6.07, 6.45) is 8.47. The molecule has 9 heteroatoms. The zero-order valence-electron chi connectivity index (χ0n) is 18.8. The van der Waals surface area contributed by atoms with E-state index in [-0.39, 0.29) is 5.54 Å². The Bertz CT molecular complexity index is 1060. The summed E-state index contributed by atoms with van der Waals surface area (Å²) in [5, 5.41) is 14.9. The Morgan fingerprint density at radius 1 is 1.19 bits per heavy atom. The van der Waals surface area contributed by atoms with E-state index in [0.29, 0.717) is 23.8 Å². The lowest BCUT2D eigenvalue weighted by Gasteiger charge is -2.58. The van der Waals surface area contributed by atoms with Gasteiger partial charge < -0.3 is 10.2 Å². The van der Waals surface area contributed by atoms with E-state index in [2.05, 4.69) is 43.0 Å². The number of aryl methyl sites for hydroxylation is 2. The first kappa shape index (κ1) is 20.3. The predicted molar refractivity (Wildman–Crippen MR) is 125 cm³/mol. The molecular weight excluding hydrogens is 420 g/mol. The van der Waals surface area contributed by atoms with Crippen molar-refractivity contribution < 1.29 is 0 Å². The van der Waals surface area contributed by atoms with Crippen LogP contribution >= 0.6 is 11.3 Å². The Kier molecular flexibility index (Phi) is 4.68. The minimum Gasteiger partial charge on any atom is -0.352 e. The number of piperazine rings is 1. The summed E-state index contributed by atoms with van der Waals surface area (Å²) >= 11 is 1.60. The van der Waals surface area contributed by atoms with E-state index in [1.54, 1.807) is 11.3 Å². The summed E-state index contributed by atoms with van der Waals surface area (Å²) < 4.78 is 0. The average Bonchev–Trinajstić information content (AvgIpc) is 3.20. The minimum atomic E-state index is -0.0556. The molecule has 3 aliphatic heterocycles. The summed E-state index contributed by atoms with van der Waals surface area (Å²) in [5.74, 6) is 1.56. The predicted octanol–water partition coefficient (Wildman–Crippen LogP) is 2.94. The van der Waals surface area contributed by atoms with Crippen LogP contribution in [0, 0.1) is 30.6 Å². The fourth-order valence-corrected chi connectivity index (χ4v) is 6.66. The van der Waals surface area contributed by atoms with Crippen LogP contribution in [0.15, 0.2) is 12.4 Å². The Hall–Kier alpha value is -2.28. The topological polar surface area (TPSA) is 84.2 Å². The third kappa shape index (κ3) is 3.45. The van der Waals surface area contributed by atoms with Crippen LogP contribution in [0.25, 0.3) is 0 Å². The van der Waals surface area contributed by atoms with Gasteiger partial charge in [-0.05, 0) is 38.5 Å². The van der Waals surface area contributed by atoms with E-state index < -0.39 is 0 Å². The van der Waals surface area contributed by atoms with Gasteiger partial charge in [0.15, 0.2) is 0 Å². The molecule has 8 nitrogen and oxygen atoms in total. The van der Waals surface area contributed by atoms with Gasteiger partial charge in [0.05, 0.1) is 29.2 Å². The molecule has 168 valence electrons. The number of nitrogens with one attached hydrogen (secondary N) is 1. The van der Waals surface area contributed by atoms with Gasteiger partial charge in [0.25, 0.3) is 0 Å². The van der Waals surface area contributed by atoms with Gasteiger partial charge in [0, 0.05) is 57.1 Å². The molecule has 1 saturated carbocycles. The van der Waals surface area contributed by atoms with Gasteiger partial charge in [0.1, 0.15) is 10.8 Å². The Balaban J connectivity index is 1.17. The molecule has 2 aromatic heterocycles. The lowest BCUT2D eigenvalue weighted by molar-refractivity contribution is -0.000623. The van der Waals surface area contributed by atoms with Crippen molar-refractivity contribution >= 4 is 28.1 Å². The van der Waals surface area contributed by atoms with Crippen molar-refractivity contribution in [3.8, 4) is 6.07 Å². The van der Waals surface area contributed by atoms with Gasteiger partial charge in [-0.1, -0.05) is 0 Å². The number of fused-ring (bicyclic) bond motifs is 1. The maximum Gasteiger partial charge on any atom is 0.229 e. The maximum absolute atomic E-state index is 9.65. The van der Waals surface area contributed by atoms with Crippen molar-refractivity contribution in [2.24, 2.45) is 5.41 Å². The largest absolute Gasteiger partial charge is 0.352 e. The van der Waals surface area contributed by atoms with Gasteiger partial charge in [-0.15, -0.1) is 11.3 Å². The molecule has 0 bridgehead atoms. The number of hydrogen-bond donors (Lipinski definition) is 1. The first-order valence-corrected chi connectivity index (χ1v) is 12.4. The second-order valence-electron chi connectivity index (χ2n) is 10.3. The molecular formula is C23H30N8S. The molecule has 32 heavy (non-hydrogen) atoms. The Morgan fingerprint density at radius 3 is 2.75 bits per heavy atom. The number of anilines is 3. The Labute approximate surface area is 193 Å². The highest BCUT2D eigenvalue weighted by atomic mass is 32.1. The molecule has 4 fully saturated rings. The van der Waals surface area contributed by atoms with E-state index in [9.17, 15) is 5.26 Å². The van der Waals surface area contributed by atoms with Gasteiger partial charge >= 0.3 is 0 Å². The fourth-order valence-electron chi connectivity index (χ4n) is 5.99. The molecule has 6 rings (SSSR count). The normalized spacial score (nSPS) is 25.9. The molecule has 1 spiro atoms. The molecule has 0 radical (unpaired) electrons. The van der Waals surface area contributed by atoms with Crippen LogP contribution in [0.4, 0.5) is 16.8 Å². The summed E-state index contributed by atoms with van der Waals surface area (Å²) in [5.41, 5.74) is 1.66. The lowest BCUT2D eigenvalue weighted by Crippen LogP contribution is -2.73. The first-order chi connectivity index (χ1) is 15.5. The van der Waals surface area contributed by atoms with E-state index in [1.807, 2.05) is 19.3 Å². The summed E-state index contributed by atoms with van der Waals surface area (Å²) in [6.45, 7) is 10.4. The van der Waals surface area contributed by atoms with Crippen LogP contribution in [-0.4, -0.2) is 75.6 Å². The third-order valence-electron chi connectivity index (χ3n) is 7.92. The second-order valence-corrected chi connectivity index (χ2v) is 11.5. The monoisotopic (exact) mass is 450 g/mol. The highest BCUT2D eigenvalue weighted by Gasteiger charge is 2.56. The van der Waals surface area contributed by atoms with Crippen molar-refractivity contribution in [3.05, 3.63) is 23.0 Å². The number of thiazole rings is 1. The molecule has 2 aromatic rings. The molecule has 0 amide bonds. The molecule has 1 atom stereocenters. The van der Waals surface area contributed by atoms with E-state index in [0.717, 1.165) is 54.1 Å². The summed E-state index contributed by atoms with van der Waals surface area (Å²) in [6, 6.07) is 3.17. The van der Waals surface area contributed by atoms with Gasteiger partial charge in [-0.2, -0.15) is 10.2 Å². The van der Waals surface area contributed by atoms with E-state index >= 15 is 0 Å². The first-order valence-electron chi connectivity index (χ1n) is 11.6. The van der Waals surface area contributed by atoms with Gasteiger partial charge in [-0.25, -0.2) is 9.97 Å². The van der Waals surface area contributed by atoms with Crippen LogP contribution in [0.2, 0.25) is 0 Å². The van der Waals surface area contributed by atoms with Crippen LogP contribution in [0.5, 0.6) is 0 Å². The van der Waals surface area contributed by atoms with Gasteiger partial charge in [-0.3, -0.25) is 9.80 Å². The average molecular weight is 451 g/mol. The van der Waals surface area contributed by atoms with Crippen molar-refractivity contribution in [2.45, 2.75) is 51.1 Å². The maximum atomic E-state index is 9.65. The van der Waals surface area contributed by atoms with E-state index in [4.69, 9.17) is 4.98 Å². The van der Waals surface area contributed by atoms with Crippen LogP contribution < -0.4 is 10.2 Å². The van der Waals surface area contributed by atoms with Crippen molar-refractivity contribution in [1.29, 1.82) is 5.26 Å². The van der Waals surface area contributed by atoms with Crippen LogP contribution in [0.3, 0.4) is 0 Å². The van der Waals surface area contributed by atoms with E-state index in [1.165, 1.54) is 25.8 Å². The van der Waals surface area contributed by atoms with Crippen LogP contribution in [0.1, 0.15) is 36.3 Å². The molecule has 4 aliphatic rings. The summed E-state index contributed by atoms with van der Waals surface area (Å²) in [7, 11) is 0. The lowest BCUT2D eigenvalue weighted by atomic mass is 9.83. The number of aromatic nitrogens is 3. The van der Waals surface area contributed by atoms with Gasteiger partial charge in [0.2, 0.25) is 5.95 Å². The highest BCUT2D eigenvalue weighted by Crippen LogP contribution is 2.55. The summed E-state index contributed by atoms with van der Waals surface area (Å²) in [4.78, 5) is 21.2. The molecule has 1 aliphatic carbocycles. The smallest absolute Gasteiger partial charge is 0.229 e. The minimum absolute atomic E-state index is 0.0556. The zero-order chi connectivity index (χ0) is 21.9. The Morgan fingerprint density at radius 2 is 2.03 bits per heavy atom. The standard InChI is InChI=1S/C23H30N8S/c1-16-10-26-21(27-19-11-25-17(2)32-19)28-20(16)30-14-23(15-30,5-6-24)31-8-7-29-13-22(3-4-22)9-18(29)12-31/h10-11,18H,3-5,7-9,12-15H2,1-2H3,(H,26,27,28)/t18-/m0/s1. The van der Waals surface area contributed by atoms with Crippen molar-refractivity contribution in [1.82, 2.24) is 24.8 Å². The number of hydrogen-bond acceptors (Lipinski definition) is 9. The van der Waals surface area contributed by atoms with Crippen LogP contribution in [-0.2, 0) is 0 Å². The van der Waals surface area contributed by atoms with Crippen molar-refractivity contribution in [3.63, 3.8) is 0 Å². The highest BCUT2D eigenvalue weighted by molar-refractivity contribution is 7.15. The van der Waals surface area contributed by atoms with Crippen molar-refractivity contribution in [2.75, 3.05) is 49.5 Å². The quantitative estimate of drug-likeness (QED) is 0.744. The number of rotatable bonds is 5. The zero-order valence-corrected chi connectivity index (χ0v) is 19.7. The number of nitrogens with zero attached hydrogens (tertiary/aromatic N) is 7.